The number of hydrogen-bond donors (Lipinski definition) is 1. The largest absolute Gasteiger partial charge is 0.385 e. The topological polar surface area (TPSA) is 24.5 Å². The number of hydrogen-bond acceptors (Lipinski definition) is 3. The summed E-state index contributed by atoms with van der Waals surface area (Å²) in [4.78, 5) is 2.71. The van der Waals surface area contributed by atoms with Crippen LogP contribution in [0.5, 0.6) is 0 Å². The molecule has 1 aliphatic heterocycles. The molecule has 3 unspecified atom stereocenters. The van der Waals surface area contributed by atoms with Gasteiger partial charge in [0.2, 0.25) is 0 Å². The quantitative estimate of drug-likeness (QED) is 0.697. The molecule has 0 spiro atoms. The third-order valence-corrected chi connectivity index (χ3v) is 4.98. The van der Waals surface area contributed by atoms with Gasteiger partial charge in [-0.2, -0.15) is 0 Å². The predicted octanol–water partition coefficient (Wildman–Crippen LogP) is 2.90. The van der Waals surface area contributed by atoms with E-state index in [4.69, 9.17) is 4.74 Å². The lowest BCUT2D eigenvalue weighted by Crippen LogP contribution is -2.61. The molecule has 114 valence electrons. The van der Waals surface area contributed by atoms with Crippen LogP contribution in [0.25, 0.3) is 0 Å². The lowest BCUT2D eigenvalue weighted by Gasteiger charge is -2.47. The maximum absolute atomic E-state index is 5.27. The van der Waals surface area contributed by atoms with Crippen molar-refractivity contribution in [3.05, 3.63) is 0 Å². The molecule has 0 aromatic rings. The van der Waals surface area contributed by atoms with Gasteiger partial charge in [0.15, 0.2) is 0 Å². The molecular weight excluding hydrogens is 236 g/mol. The molecule has 3 nitrogen and oxygen atoms in total. The lowest BCUT2D eigenvalue weighted by molar-refractivity contribution is 0.0521. The Hall–Kier alpha value is -0.120. The molecule has 1 saturated heterocycles. The first-order valence-electron chi connectivity index (χ1n) is 8.07. The smallest absolute Gasteiger partial charge is 0.0465 e. The van der Waals surface area contributed by atoms with Crippen LogP contribution >= 0.6 is 0 Å². The molecule has 3 atom stereocenters. The second-order valence-corrected chi connectivity index (χ2v) is 6.20. The standard InChI is InChI=1S/C16H34N2O/c1-6-16(4,18-11-8-9-12-18)15(17-7-2)14(3)10-13-19-5/h14-15,17H,6-13H2,1-5H3. The second-order valence-electron chi connectivity index (χ2n) is 6.20. The Labute approximate surface area is 120 Å². The first kappa shape index (κ1) is 16.9. The van der Waals surface area contributed by atoms with Gasteiger partial charge >= 0.3 is 0 Å². The molecule has 0 radical (unpaired) electrons. The zero-order valence-electron chi connectivity index (χ0n) is 13.7. The Morgan fingerprint density at radius 2 is 1.89 bits per heavy atom. The summed E-state index contributed by atoms with van der Waals surface area (Å²) in [5, 5.41) is 3.76. The highest BCUT2D eigenvalue weighted by Crippen LogP contribution is 2.32. The molecule has 0 aliphatic carbocycles. The minimum absolute atomic E-state index is 0.277. The first-order valence-corrected chi connectivity index (χ1v) is 8.07. The summed E-state index contributed by atoms with van der Waals surface area (Å²) in [6, 6.07) is 0.552. The van der Waals surface area contributed by atoms with Gasteiger partial charge in [0.05, 0.1) is 0 Å². The van der Waals surface area contributed by atoms with Gasteiger partial charge in [0, 0.05) is 25.3 Å². The Morgan fingerprint density at radius 1 is 1.26 bits per heavy atom. The van der Waals surface area contributed by atoms with E-state index in [2.05, 4.69) is 37.9 Å². The molecule has 1 N–H and O–H groups in total. The third-order valence-electron chi connectivity index (χ3n) is 4.98. The van der Waals surface area contributed by atoms with Crippen molar-refractivity contribution in [3.63, 3.8) is 0 Å². The van der Waals surface area contributed by atoms with Crippen LogP contribution in [0.3, 0.4) is 0 Å². The highest BCUT2D eigenvalue weighted by atomic mass is 16.5. The molecular formula is C16H34N2O. The summed E-state index contributed by atoms with van der Waals surface area (Å²) < 4.78 is 5.27. The minimum atomic E-state index is 0.277. The molecule has 0 saturated carbocycles. The van der Waals surface area contributed by atoms with Gasteiger partial charge in [-0.25, -0.2) is 0 Å². The number of rotatable bonds is 9. The fourth-order valence-corrected chi connectivity index (χ4v) is 3.59. The summed E-state index contributed by atoms with van der Waals surface area (Å²) in [5.41, 5.74) is 0.277. The van der Waals surface area contributed by atoms with Crippen molar-refractivity contribution in [1.29, 1.82) is 0 Å². The molecule has 19 heavy (non-hydrogen) atoms. The second kappa shape index (κ2) is 8.23. The fourth-order valence-electron chi connectivity index (χ4n) is 3.59. The summed E-state index contributed by atoms with van der Waals surface area (Å²) in [7, 11) is 1.80. The van der Waals surface area contributed by atoms with Crippen LogP contribution in [-0.4, -0.2) is 49.8 Å². The van der Waals surface area contributed by atoms with E-state index in [9.17, 15) is 0 Å². The number of methoxy groups -OCH3 is 1. The highest BCUT2D eigenvalue weighted by molar-refractivity contribution is 4.99. The number of likely N-dealkylation sites (N-methyl/N-ethyl adjacent to an activating group) is 1. The van der Waals surface area contributed by atoms with E-state index >= 15 is 0 Å². The summed E-state index contributed by atoms with van der Waals surface area (Å²) in [5.74, 6) is 0.644. The van der Waals surface area contributed by atoms with E-state index in [-0.39, 0.29) is 5.54 Å². The van der Waals surface area contributed by atoms with Crippen LogP contribution in [0.4, 0.5) is 0 Å². The highest BCUT2D eigenvalue weighted by Gasteiger charge is 2.41. The SMILES string of the molecule is CCNC(C(C)CCOC)C(C)(CC)N1CCCC1. The van der Waals surface area contributed by atoms with E-state index in [0.29, 0.717) is 12.0 Å². The van der Waals surface area contributed by atoms with Gasteiger partial charge in [0.25, 0.3) is 0 Å². The number of nitrogens with one attached hydrogen (secondary N) is 1. The van der Waals surface area contributed by atoms with Crippen LogP contribution in [0.15, 0.2) is 0 Å². The van der Waals surface area contributed by atoms with Crippen molar-refractivity contribution < 1.29 is 4.74 Å². The van der Waals surface area contributed by atoms with E-state index in [1.165, 1.54) is 32.4 Å². The van der Waals surface area contributed by atoms with Crippen molar-refractivity contribution in [3.8, 4) is 0 Å². The molecule has 0 aromatic carbocycles. The van der Waals surface area contributed by atoms with Gasteiger partial charge in [0.1, 0.15) is 0 Å². The first-order chi connectivity index (χ1) is 9.10. The summed E-state index contributed by atoms with van der Waals surface area (Å²) >= 11 is 0. The van der Waals surface area contributed by atoms with E-state index in [1.54, 1.807) is 7.11 Å². The predicted molar refractivity (Wildman–Crippen MR) is 82.6 cm³/mol. The van der Waals surface area contributed by atoms with E-state index < -0.39 is 0 Å². The molecule has 0 aromatic heterocycles. The van der Waals surface area contributed by atoms with Gasteiger partial charge < -0.3 is 10.1 Å². The average Bonchev–Trinajstić information content (AvgIpc) is 2.96. The van der Waals surface area contributed by atoms with Crippen LogP contribution in [0.1, 0.15) is 53.4 Å². The van der Waals surface area contributed by atoms with Crippen molar-refractivity contribution in [1.82, 2.24) is 10.2 Å². The molecule has 1 fully saturated rings. The number of ether oxygens (including phenoxy) is 1. The minimum Gasteiger partial charge on any atom is -0.385 e. The third kappa shape index (κ3) is 4.17. The van der Waals surface area contributed by atoms with Gasteiger partial charge in [-0.3, -0.25) is 4.90 Å². The normalized spacial score (nSPS) is 23.2. The Morgan fingerprint density at radius 3 is 2.37 bits per heavy atom. The van der Waals surface area contributed by atoms with E-state index in [1.807, 2.05) is 0 Å². The zero-order valence-corrected chi connectivity index (χ0v) is 13.7. The monoisotopic (exact) mass is 270 g/mol. The fraction of sp³-hybridized carbons (Fsp3) is 1.00. The summed E-state index contributed by atoms with van der Waals surface area (Å²) in [6.07, 6.45) is 5.07. The molecule has 0 bridgehead atoms. The average molecular weight is 270 g/mol. The number of likely N-dealkylation sites (tertiary alicyclic amines) is 1. The van der Waals surface area contributed by atoms with E-state index in [0.717, 1.165) is 19.6 Å². The molecule has 1 rings (SSSR count). The molecule has 1 heterocycles. The van der Waals surface area contributed by atoms with Gasteiger partial charge in [-0.15, -0.1) is 0 Å². The van der Waals surface area contributed by atoms with Crippen LogP contribution in [-0.2, 0) is 4.74 Å². The lowest BCUT2D eigenvalue weighted by atomic mass is 9.79. The van der Waals surface area contributed by atoms with Crippen LogP contribution in [0.2, 0.25) is 0 Å². The Balaban J connectivity index is 2.79. The Kier molecular flexibility index (Phi) is 7.33. The zero-order chi connectivity index (χ0) is 14.3. The van der Waals surface area contributed by atoms with Gasteiger partial charge in [-0.1, -0.05) is 20.8 Å². The molecule has 0 amide bonds. The summed E-state index contributed by atoms with van der Waals surface area (Å²) in [6.45, 7) is 13.8. The molecule has 1 aliphatic rings. The van der Waals surface area contributed by atoms with Crippen molar-refractivity contribution >= 4 is 0 Å². The van der Waals surface area contributed by atoms with Crippen molar-refractivity contribution in [2.75, 3.05) is 33.4 Å². The van der Waals surface area contributed by atoms with Crippen molar-refractivity contribution in [2.24, 2.45) is 5.92 Å². The van der Waals surface area contributed by atoms with Crippen LogP contribution in [0, 0.1) is 5.92 Å². The van der Waals surface area contributed by atoms with Gasteiger partial charge in [-0.05, 0) is 58.2 Å². The Bertz CT molecular complexity index is 241. The maximum atomic E-state index is 5.27. The molecule has 3 heteroatoms. The van der Waals surface area contributed by atoms with Crippen molar-refractivity contribution in [2.45, 2.75) is 65.0 Å². The maximum Gasteiger partial charge on any atom is 0.0465 e. The number of nitrogens with zero attached hydrogens (tertiary/aromatic N) is 1. The van der Waals surface area contributed by atoms with Crippen LogP contribution < -0.4 is 5.32 Å².